The normalized spacial score (nSPS) is 10.2. The van der Waals surface area contributed by atoms with Gasteiger partial charge < -0.3 is 9.47 Å². The van der Waals surface area contributed by atoms with Crippen LogP contribution in [0.2, 0.25) is 0 Å². The molecule has 24 heavy (non-hydrogen) atoms. The van der Waals surface area contributed by atoms with Crippen LogP contribution in [-0.2, 0) is 6.61 Å². The number of nitro benzene ring substituents is 1. The van der Waals surface area contributed by atoms with E-state index in [9.17, 15) is 10.1 Å². The number of nitrogens with zero attached hydrogens (tertiary/aromatic N) is 1. The van der Waals surface area contributed by atoms with Crippen LogP contribution in [-0.4, -0.2) is 4.92 Å². The smallest absolute Gasteiger partial charge is 0.311 e. The highest BCUT2D eigenvalue weighted by Gasteiger charge is 2.16. The van der Waals surface area contributed by atoms with Crippen molar-refractivity contribution >= 4 is 5.69 Å². The Kier molecular flexibility index (Phi) is 4.72. The summed E-state index contributed by atoms with van der Waals surface area (Å²) in [7, 11) is 0. The average molecular weight is 320 g/mol. The fraction of sp³-hybridized carbons (Fsp3) is 0.0526. The van der Waals surface area contributed by atoms with Gasteiger partial charge in [-0.3, -0.25) is 10.1 Å². The van der Waals surface area contributed by atoms with Crippen molar-refractivity contribution in [2.45, 2.75) is 6.61 Å². The summed E-state index contributed by atoms with van der Waals surface area (Å²) in [6, 6.07) is 23.8. The van der Waals surface area contributed by atoms with E-state index in [1.54, 1.807) is 30.3 Å². The monoisotopic (exact) mass is 320 g/mol. The molecule has 0 saturated heterocycles. The molecule has 0 spiro atoms. The molecule has 3 rings (SSSR count). The minimum atomic E-state index is -0.471. The quantitative estimate of drug-likeness (QED) is 0.485. The lowest BCUT2D eigenvalue weighted by molar-refractivity contribution is -0.386. The first kappa shape index (κ1) is 15.6. The number of ether oxygens (including phenoxy) is 2. The summed E-state index contributed by atoms with van der Waals surface area (Å²) in [5.74, 6) is 1.26. The average Bonchev–Trinajstić information content (AvgIpc) is 2.61. The summed E-state index contributed by atoms with van der Waals surface area (Å²) in [6.07, 6.45) is 0. The van der Waals surface area contributed by atoms with E-state index in [1.165, 1.54) is 12.1 Å². The Morgan fingerprint density at radius 2 is 1.71 bits per heavy atom. The Morgan fingerprint density at radius 1 is 0.958 bits per heavy atom. The highest BCUT2D eigenvalue weighted by molar-refractivity contribution is 5.51. The van der Waals surface area contributed by atoms with Crippen LogP contribution >= 0.6 is 0 Å². The number of hydrogen-bond acceptors (Lipinski definition) is 4. The van der Waals surface area contributed by atoms with Crippen molar-refractivity contribution in [3.8, 4) is 17.2 Å². The van der Waals surface area contributed by atoms with Crippen LogP contribution in [0.15, 0.2) is 72.8 Å². The highest BCUT2D eigenvalue weighted by atomic mass is 16.6. The van der Waals surface area contributed by atoms with Crippen molar-refractivity contribution in [1.82, 2.24) is 0 Å². The molecule has 0 saturated carbocycles. The topological polar surface area (TPSA) is 61.6 Å². The lowest BCUT2D eigenvalue weighted by Crippen LogP contribution is -1.99. The molecule has 0 unspecified atom stereocenters. The molecule has 119 valence electrons. The van der Waals surface area contributed by atoms with Gasteiger partial charge in [-0.2, -0.15) is 0 Å². The van der Waals surface area contributed by atoms with Gasteiger partial charge in [0, 0.05) is 12.1 Å². The summed E-state index contributed by atoms with van der Waals surface area (Å²) >= 11 is 0. The Bertz CT molecular complexity index is 819. The molecular formula is C19H14NO4. The van der Waals surface area contributed by atoms with Gasteiger partial charge in [0.1, 0.15) is 18.1 Å². The minimum Gasteiger partial charge on any atom is -0.482 e. The molecule has 5 nitrogen and oxygen atoms in total. The maximum atomic E-state index is 11.2. The van der Waals surface area contributed by atoms with Gasteiger partial charge in [-0.25, -0.2) is 0 Å². The Hall–Kier alpha value is -3.34. The zero-order valence-electron chi connectivity index (χ0n) is 12.7. The Morgan fingerprint density at radius 3 is 2.42 bits per heavy atom. The van der Waals surface area contributed by atoms with Crippen LogP contribution in [0.1, 0.15) is 5.56 Å². The standard InChI is InChI=1S/C19H14NO4/c21-20(22)18-12-11-17(24-16-9-5-2-6-10-16)13-19(18)23-14-15-7-3-1-4-8-15/h1,3-13H,14H2. The molecule has 0 fully saturated rings. The van der Waals surface area contributed by atoms with Crippen LogP contribution in [0.25, 0.3) is 0 Å². The van der Waals surface area contributed by atoms with Crippen molar-refractivity contribution in [1.29, 1.82) is 0 Å². The minimum absolute atomic E-state index is 0.0975. The van der Waals surface area contributed by atoms with Crippen molar-refractivity contribution in [3.63, 3.8) is 0 Å². The molecule has 3 aromatic rings. The van der Waals surface area contributed by atoms with E-state index in [0.717, 1.165) is 5.56 Å². The Labute approximate surface area is 139 Å². The van der Waals surface area contributed by atoms with E-state index in [0.29, 0.717) is 11.5 Å². The van der Waals surface area contributed by atoms with Crippen LogP contribution in [0, 0.1) is 16.2 Å². The molecule has 0 atom stereocenters. The summed E-state index contributed by atoms with van der Waals surface area (Å²) in [6.45, 7) is 0.241. The third kappa shape index (κ3) is 3.89. The predicted molar refractivity (Wildman–Crippen MR) is 89.2 cm³/mol. The fourth-order valence-corrected chi connectivity index (χ4v) is 2.14. The van der Waals surface area contributed by atoms with E-state index >= 15 is 0 Å². The molecular weight excluding hydrogens is 306 g/mol. The number of benzene rings is 3. The third-order valence-electron chi connectivity index (χ3n) is 3.29. The van der Waals surface area contributed by atoms with E-state index in [1.807, 2.05) is 30.3 Å². The second-order valence-electron chi connectivity index (χ2n) is 5.00. The van der Waals surface area contributed by atoms with E-state index in [4.69, 9.17) is 9.47 Å². The first-order valence-corrected chi connectivity index (χ1v) is 7.31. The molecule has 0 heterocycles. The van der Waals surface area contributed by atoms with Gasteiger partial charge in [0.25, 0.3) is 0 Å². The van der Waals surface area contributed by atoms with Gasteiger partial charge in [0.05, 0.1) is 4.92 Å². The lowest BCUT2D eigenvalue weighted by atomic mass is 10.2. The fourth-order valence-electron chi connectivity index (χ4n) is 2.14. The molecule has 0 bridgehead atoms. The SMILES string of the molecule is O=[N+]([O-])c1ccc(Oc2cc[c]cc2)cc1OCc1ccccc1. The first-order valence-electron chi connectivity index (χ1n) is 7.31. The lowest BCUT2D eigenvalue weighted by Gasteiger charge is -2.10. The summed E-state index contributed by atoms with van der Waals surface area (Å²) in [5, 5.41) is 11.2. The van der Waals surface area contributed by atoms with E-state index in [2.05, 4.69) is 6.07 Å². The molecule has 0 aromatic heterocycles. The third-order valence-corrected chi connectivity index (χ3v) is 3.29. The molecule has 0 N–H and O–H groups in total. The van der Waals surface area contributed by atoms with E-state index < -0.39 is 4.92 Å². The van der Waals surface area contributed by atoms with Crippen LogP contribution < -0.4 is 9.47 Å². The highest BCUT2D eigenvalue weighted by Crippen LogP contribution is 2.33. The van der Waals surface area contributed by atoms with Gasteiger partial charge in [-0.15, -0.1) is 0 Å². The van der Waals surface area contributed by atoms with E-state index in [-0.39, 0.29) is 18.0 Å². The molecule has 0 aliphatic carbocycles. The van der Waals surface area contributed by atoms with Gasteiger partial charge in [-0.1, -0.05) is 42.5 Å². The second kappa shape index (κ2) is 7.28. The maximum Gasteiger partial charge on any atom is 0.311 e. The summed E-state index contributed by atoms with van der Waals surface area (Å²) in [4.78, 5) is 10.7. The largest absolute Gasteiger partial charge is 0.482 e. The Balaban J connectivity index is 1.82. The number of nitro groups is 1. The van der Waals surface area contributed by atoms with Gasteiger partial charge in [0.2, 0.25) is 5.75 Å². The second-order valence-corrected chi connectivity index (χ2v) is 5.00. The number of hydrogen-bond donors (Lipinski definition) is 0. The van der Waals surface area contributed by atoms with Crippen molar-refractivity contribution in [3.05, 3.63) is 94.5 Å². The van der Waals surface area contributed by atoms with Crippen LogP contribution in [0.5, 0.6) is 17.2 Å². The number of rotatable bonds is 6. The molecule has 0 amide bonds. The van der Waals surface area contributed by atoms with Crippen LogP contribution in [0.4, 0.5) is 5.69 Å². The predicted octanol–water partition coefficient (Wildman–Crippen LogP) is 4.77. The van der Waals surface area contributed by atoms with Gasteiger partial charge in [-0.05, 0) is 29.8 Å². The zero-order chi connectivity index (χ0) is 16.8. The molecule has 0 aliphatic rings. The van der Waals surface area contributed by atoms with Gasteiger partial charge in [0.15, 0.2) is 0 Å². The van der Waals surface area contributed by atoms with Crippen molar-refractivity contribution in [2.75, 3.05) is 0 Å². The van der Waals surface area contributed by atoms with Crippen molar-refractivity contribution in [2.24, 2.45) is 0 Å². The first-order chi connectivity index (χ1) is 11.7. The van der Waals surface area contributed by atoms with Crippen molar-refractivity contribution < 1.29 is 14.4 Å². The summed E-state index contributed by atoms with van der Waals surface area (Å²) in [5.41, 5.74) is 0.830. The molecule has 5 heteroatoms. The zero-order valence-corrected chi connectivity index (χ0v) is 12.7. The maximum absolute atomic E-state index is 11.2. The summed E-state index contributed by atoms with van der Waals surface area (Å²) < 4.78 is 11.3. The van der Waals surface area contributed by atoms with Gasteiger partial charge >= 0.3 is 5.69 Å². The molecule has 0 aliphatic heterocycles. The van der Waals surface area contributed by atoms with Crippen LogP contribution in [0.3, 0.4) is 0 Å². The molecule has 1 radical (unpaired) electrons. The molecule has 3 aromatic carbocycles.